The Morgan fingerprint density at radius 2 is 0.775 bits per heavy atom. The molecule has 7 rings (SSSR count). The van der Waals surface area contributed by atoms with E-state index in [-0.39, 0.29) is 23.6 Å². The van der Waals surface area contributed by atoms with E-state index in [0.717, 1.165) is 37.6 Å². The van der Waals surface area contributed by atoms with Gasteiger partial charge in [0.2, 0.25) is 23.6 Å². The highest BCUT2D eigenvalue weighted by molar-refractivity contribution is 6.26. The predicted molar refractivity (Wildman–Crippen MR) is 155 cm³/mol. The summed E-state index contributed by atoms with van der Waals surface area (Å²) in [6.07, 6.45) is 3.81. The van der Waals surface area contributed by atoms with Crippen LogP contribution in [0.4, 0.5) is 22.7 Å². The fourth-order valence-electron chi connectivity index (χ4n) is 7.54. The summed E-state index contributed by atoms with van der Waals surface area (Å²) >= 11 is 0. The number of amides is 4. The third kappa shape index (κ3) is 3.64. The van der Waals surface area contributed by atoms with Crippen molar-refractivity contribution in [3.8, 4) is 0 Å². The number of nitrogens with zero attached hydrogens (tertiary/aromatic N) is 4. The standard InChI is InChI=1S/C32H36N4O4/c1-5-33(6-2)19-9-13-21(14-10-19)35-29(37)25-23-17-18-24(26(25)30(35)38)28-27(23)31(39)36(32(28)40)22-15-11-20(12-16-22)34(7-3)8-4/h9-18,23-28H,5-8H2,1-4H3. The summed E-state index contributed by atoms with van der Waals surface area (Å²) in [7, 11) is 0. The lowest BCUT2D eigenvalue weighted by molar-refractivity contribution is -0.137. The lowest BCUT2D eigenvalue weighted by Gasteiger charge is -2.44. The fourth-order valence-corrected chi connectivity index (χ4v) is 7.54. The molecule has 208 valence electrons. The minimum atomic E-state index is -0.632. The molecule has 2 aliphatic heterocycles. The Morgan fingerprint density at radius 1 is 0.500 bits per heavy atom. The molecule has 2 bridgehead atoms. The Labute approximate surface area is 235 Å². The van der Waals surface area contributed by atoms with Gasteiger partial charge in [0.1, 0.15) is 0 Å². The van der Waals surface area contributed by atoms with Gasteiger partial charge in [-0.25, -0.2) is 0 Å². The van der Waals surface area contributed by atoms with Crippen LogP contribution in [-0.2, 0) is 19.2 Å². The quantitative estimate of drug-likeness (QED) is 0.370. The molecule has 2 saturated heterocycles. The molecule has 4 unspecified atom stereocenters. The summed E-state index contributed by atoms with van der Waals surface area (Å²) in [6, 6.07) is 15.0. The van der Waals surface area contributed by atoms with Gasteiger partial charge < -0.3 is 9.80 Å². The zero-order chi connectivity index (χ0) is 28.3. The predicted octanol–water partition coefficient (Wildman–Crippen LogP) is 4.11. The van der Waals surface area contributed by atoms with Crippen LogP contribution in [0.1, 0.15) is 27.7 Å². The van der Waals surface area contributed by atoms with Crippen LogP contribution < -0.4 is 19.6 Å². The number of allylic oxidation sites excluding steroid dienone is 2. The lowest BCUT2D eigenvalue weighted by Crippen LogP contribution is -2.50. The molecule has 8 nitrogen and oxygen atoms in total. The molecular formula is C32H36N4O4. The van der Waals surface area contributed by atoms with Crippen LogP contribution in [0.25, 0.3) is 0 Å². The van der Waals surface area contributed by atoms with Gasteiger partial charge in [-0.15, -0.1) is 0 Å². The Kier molecular flexibility index (Phi) is 6.51. The Hall–Kier alpha value is -3.94. The largest absolute Gasteiger partial charge is 0.372 e. The van der Waals surface area contributed by atoms with Crippen molar-refractivity contribution in [1.29, 1.82) is 0 Å². The van der Waals surface area contributed by atoms with Crippen LogP contribution in [-0.4, -0.2) is 49.8 Å². The second-order valence-corrected chi connectivity index (χ2v) is 11.0. The maximum atomic E-state index is 13.8. The molecule has 5 aliphatic rings. The van der Waals surface area contributed by atoms with E-state index in [9.17, 15) is 19.2 Å². The van der Waals surface area contributed by atoms with Gasteiger partial charge in [-0.05, 0) is 76.2 Å². The summed E-state index contributed by atoms with van der Waals surface area (Å²) in [5, 5.41) is 0. The summed E-state index contributed by atoms with van der Waals surface area (Å²) < 4.78 is 0. The second-order valence-electron chi connectivity index (χ2n) is 11.0. The van der Waals surface area contributed by atoms with E-state index in [1.807, 2.05) is 60.7 Å². The first-order chi connectivity index (χ1) is 19.4. The molecule has 0 aromatic heterocycles. The number of imide groups is 2. The first kappa shape index (κ1) is 26.3. The van der Waals surface area contributed by atoms with E-state index < -0.39 is 35.5 Å². The maximum Gasteiger partial charge on any atom is 0.238 e. The maximum absolute atomic E-state index is 13.8. The SMILES string of the molecule is CCN(CC)c1ccc(N2C(=O)C3C4C=CC(C3C2=O)C2C(=O)N(c3ccc(N(CC)CC)cc3)C(=O)C42)cc1. The van der Waals surface area contributed by atoms with E-state index in [0.29, 0.717) is 11.4 Å². The van der Waals surface area contributed by atoms with Crippen molar-refractivity contribution in [2.75, 3.05) is 45.8 Å². The van der Waals surface area contributed by atoms with Crippen molar-refractivity contribution in [2.24, 2.45) is 35.5 Å². The van der Waals surface area contributed by atoms with Crippen LogP contribution in [0.5, 0.6) is 0 Å². The fraction of sp³-hybridized carbons (Fsp3) is 0.438. The number of carbonyl (C=O) groups is 4. The first-order valence-corrected chi connectivity index (χ1v) is 14.5. The minimum absolute atomic E-state index is 0.273. The number of hydrogen-bond acceptors (Lipinski definition) is 6. The van der Waals surface area contributed by atoms with Gasteiger partial charge in [0.25, 0.3) is 0 Å². The molecule has 2 heterocycles. The molecule has 0 spiro atoms. The normalized spacial score (nSPS) is 28.4. The molecule has 4 amide bonds. The van der Waals surface area contributed by atoms with Gasteiger partial charge in [0.05, 0.1) is 35.0 Å². The highest BCUT2D eigenvalue weighted by Gasteiger charge is 2.68. The molecule has 8 heteroatoms. The number of hydrogen-bond donors (Lipinski definition) is 0. The molecule has 40 heavy (non-hydrogen) atoms. The molecule has 0 radical (unpaired) electrons. The molecule has 1 saturated carbocycles. The smallest absolute Gasteiger partial charge is 0.238 e. The van der Waals surface area contributed by atoms with Crippen molar-refractivity contribution >= 4 is 46.4 Å². The molecule has 2 aromatic rings. The van der Waals surface area contributed by atoms with Crippen LogP contribution in [0.2, 0.25) is 0 Å². The highest BCUT2D eigenvalue weighted by atomic mass is 16.2. The van der Waals surface area contributed by atoms with Gasteiger partial charge in [0.15, 0.2) is 0 Å². The Bertz CT molecular complexity index is 1230. The van der Waals surface area contributed by atoms with E-state index in [1.54, 1.807) is 0 Å². The van der Waals surface area contributed by atoms with Gasteiger partial charge >= 0.3 is 0 Å². The molecule has 3 fully saturated rings. The van der Waals surface area contributed by atoms with Crippen molar-refractivity contribution < 1.29 is 19.2 Å². The van der Waals surface area contributed by atoms with Gasteiger partial charge in [0, 0.05) is 49.4 Å². The monoisotopic (exact) mass is 540 g/mol. The number of rotatable bonds is 8. The molecule has 3 aliphatic carbocycles. The van der Waals surface area contributed by atoms with Crippen molar-refractivity contribution in [1.82, 2.24) is 0 Å². The van der Waals surface area contributed by atoms with Crippen LogP contribution >= 0.6 is 0 Å². The number of benzene rings is 2. The minimum Gasteiger partial charge on any atom is -0.372 e. The van der Waals surface area contributed by atoms with E-state index in [1.165, 1.54) is 9.80 Å². The molecule has 4 atom stereocenters. The van der Waals surface area contributed by atoms with Crippen LogP contribution in [0.3, 0.4) is 0 Å². The summed E-state index contributed by atoms with van der Waals surface area (Å²) in [6.45, 7) is 11.8. The topological polar surface area (TPSA) is 81.2 Å². The van der Waals surface area contributed by atoms with Crippen molar-refractivity contribution in [3.63, 3.8) is 0 Å². The first-order valence-electron chi connectivity index (χ1n) is 14.5. The highest BCUT2D eigenvalue weighted by Crippen LogP contribution is 2.58. The van der Waals surface area contributed by atoms with E-state index in [2.05, 4.69) is 37.5 Å². The van der Waals surface area contributed by atoms with E-state index in [4.69, 9.17) is 0 Å². The summed E-state index contributed by atoms with van der Waals surface area (Å²) in [5.74, 6) is -4.57. The van der Waals surface area contributed by atoms with Crippen LogP contribution in [0.15, 0.2) is 60.7 Å². The Morgan fingerprint density at radius 3 is 1.02 bits per heavy atom. The van der Waals surface area contributed by atoms with Crippen LogP contribution in [0, 0.1) is 35.5 Å². The molecule has 2 aromatic carbocycles. The third-order valence-corrected chi connectivity index (χ3v) is 9.48. The average molecular weight is 541 g/mol. The zero-order valence-electron chi connectivity index (χ0n) is 23.5. The second kappa shape index (κ2) is 9.91. The third-order valence-electron chi connectivity index (χ3n) is 9.48. The summed E-state index contributed by atoms with van der Waals surface area (Å²) in [5.41, 5.74) is 3.14. The number of anilines is 4. The van der Waals surface area contributed by atoms with Gasteiger partial charge in [-0.3, -0.25) is 29.0 Å². The summed E-state index contributed by atoms with van der Waals surface area (Å²) in [4.78, 5) is 62.2. The average Bonchev–Trinajstić information content (AvgIpc) is 3.42. The van der Waals surface area contributed by atoms with Crippen molar-refractivity contribution in [2.45, 2.75) is 27.7 Å². The zero-order valence-corrected chi connectivity index (χ0v) is 23.5. The van der Waals surface area contributed by atoms with Gasteiger partial charge in [-0.1, -0.05) is 12.2 Å². The molecular weight excluding hydrogens is 504 g/mol. The van der Waals surface area contributed by atoms with E-state index >= 15 is 0 Å². The molecule has 0 N–H and O–H groups in total. The van der Waals surface area contributed by atoms with Crippen molar-refractivity contribution in [3.05, 3.63) is 60.7 Å². The lowest BCUT2D eigenvalue weighted by atomic mass is 9.54. The van der Waals surface area contributed by atoms with Gasteiger partial charge in [-0.2, -0.15) is 0 Å². The Balaban J connectivity index is 1.28. The number of carbonyl (C=O) groups excluding carboxylic acids is 4.